The number of rotatable bonds is 6. The van der Waals surface area contributed by atoms with Gasteiger partial charge in [0.25, 0.3) is 0 Å². The second-order valence-corrected chi connectivity index (χ2v) is 5.25. The topological polar surface area (TPSA) is 61.9 Å². The molecule has 1 aliphatic heterocycles. The highest BCUT2D eigenvalue weighted by Gasteiger charge is 2.37. The molecular formula is C14H27N3O3. The van der Waals surface area contributed by atoms with Gasteiger partial charge in [0.15, 0.2) is 0 Å². The summed E-state index contributed by atoms with van der Waals surface area (Å²) in [6, 6.07) is -0.615. The Kier molecular flexibility index (Phi) is 6.95. The molecule has 0 radical (unpaired) electrons. The van der Waals surface area contributed by atoms with E-state index >= 15 is 0 Å². The molecule has 0 aromatic rings. The molecule has 2 atom stereocenters. The van der Waals surface area contributed by atoms with Crippen LogP contribution in [0.2, 0.25) is 0 Å². The lowest BCUT2D eigenvalue weighted by Crippen LogP contribution is -2.62. The minimum atomic E-state index is -0.323. The van der Waals surface area contributed by atoms with Gasteiger partial charge in [0.1, 0.15) is 12.1 Å². The lowest BCUT2D eigenvalue weighted by molar-refractivity contribution is -0.153. The van der Waals surface area contributed by atoms with Crippen LogP contribution in [0.5, 0.6) is 0 Å². The van der Waals surface area contributed by atoms with Crippen molar-refractivity contribution >= 4 is 11.9 Å². The molecule has 1 fully saturated rings. The number of nitrogens with zero attached hydrogens (tertiary/aromatic N) is 2. The summed E-state index contributed by atoms with van der Waals surface area (Å²) in [5.41, 5.74) is 0. The Morgan fingerprint density at radius 2 is 2.10 bits per heavy atom. The summed E-state index contributed by atoms with van der Waals surface area (Å²) in [6.07, 6.45) is 1.60. The van der Waals surface area contributed by atoms with Crippen molar-refractivity contribution in [3.05, 3.63) is 0 Å². The summed E-state index contributed by atoms with van der Waals surface area (Å²) >= 11 is 0. The molecule has 1 saturated heterocycles. The summed E-state index contributed by atoms with van der Waals surface area (Å²) in [4.78, 5) is 28.0. The smallest absolute Gasteiger partial charge is 0.323 e. The van der Waals surface area contributed by atoms with E-state index in [0.29, 0.717) is 19.7 Å². The zero-order chi connectivity index (χ0) is 15.1. The molecule has 0 aromatic heterocycles. The van der Waals surface area contributed by atoms with Crippen molar-refractivity contribution in [2.24, 2.45) is 0 Å². The molecule has 20 heavy (non-hydrogen) atoms. The van der Waals surface area contributed by atoms with Crippen molar-refractivity contribution in [2.45, 2.75) is 38.8 Å². The molecule has 0 spiro atoms. The fourth-order valence-electron chi connectivity index (χ4n) is 2.55. The van der Waals surface area contributed by atoms with Gasteiger partial charge in [-0.25, -0.2) is 0 Å². The van der Waals surface area contributed by atoms with Crippen LogP contribution in [0.15, 0.2) is 0 Å². The summed E-state index contributed by atoms with van der Waals surface area (Å²) in [5.74, 6) is -0.185. The Morgan fingerprint density at radius 3 is 2.65 bits per heavy atom. The third-order valence-electron chi connectivity index (χ3n) is 3.53. The van der Waals surface area contributed by atoms with E-state index in [1.807, 2.05) is 11.8 Å². The Morgan fingerprint density at radius 1 is 1.40 bits per heavy atom. The van der Waals surface area contributed by atoms with Gasteiger partial charge < -0.3 is 15.0 Å². The molecule has 6 heteroatoms. The van der Waals surface area contributed by atoms with Gasteiger partial charge >= 0.3 is 5.97 Å². The van der Waals surface area contributed by atoms with Gasteiger partial charge in [-0.05, 0) is 13.3 Å². The maximum Gasteiger partial charge on any atom is 0.323 e. The molecule has 116 valence electrons. The van der Waals surface area contributed by atoms with Gasteiger partial charge in [-0.1, -0.05) is 13.3 Å². The summed E-state index contributed by atoms with van der Waals surface area (Å²) in [7, 11) is 3.49. The molecule has 1 amide bonds. The fraction of sp³-hybridized carbons (Fsp3) is 0.857. The molecule has 6 nitrogen and oxygen atoms in total. The van der Waals surface area contributed by atoms with E-state index in [1.54, 1.807) is 25.9 Å². The van der Waals surface area contributed by atoms with Crippen LogP contribution in [0, 0.1) is 0 Å². The molecule has 1 aliphatic rings. The van der Waals surface area contributed by atoms with E-state index in [0.717, 1.165) is 19.4 Å². The van der Waals surface area contributed by atoms with Crippen molar-refractivity contribution in [3.63, 3.8) is 0 Å². The quantitative estimate of drug-likeness (QED) is 0.700. The van der Waals surface area contributed by atoms with Crippen LogP contribution in [0.25, 0.3) is 0 Å². The summed E-state index contributed by atoms with van der Waals surface area (Å²) in [6.45, 7) is 6.27. The van der Waals surface area contributed by atoms with Crippen molar-refractivity contribution in [3.8, 4) is 0 Å². The standard InChI is InChI=1S/C14H27N3O3/c1-5-7-11(14(19)20-6-2)17-9-8-15-10-12(17)13(18)16(3)4/h11-12,15H,5-10H2,1-4H3. The molecule has 1 heterocycles. The molecule has 0 saturated carbocycles. The number of amides is 1. The predicted molar refractivity (Wildman–Crippen MR) is 77.4 cm³/mol. The number of nitrogens with one attached hydrogen (secondary N) is 1. The third kappa shape index (κ3) is 4.18. The van der Waals surface area contributed by atoms with Crippen LogP contribution in [0.3, 0.4) is 0 Å². The molecule has 2 unspecified atom stereocenters. The first kappa shape index (κ1) is 16.9. The summed E-state index contributed by atoms with van der Waals surface area (Å²) < 4.78 is 5.17. The lowest BCUT2D eigenvalue weighted by atomic mass is 10.0. The van der Waals surface area contributed by atoms with Crippen LogP contribution in [-0.4, -0.2) is 74.1 Å². The number of esters is 1. The van der Waals surface area contributed by atoms with Crippen LogP contribution in [-0.2, 0) is 14.3 Å². The second-order valence-electron chi connectivity index (χ2n) is 5.25. The third-order valence-corrected chi connectivity index (χ3v) is 3.53. The van der Waals surface area contributed by atoms with Gasteiger partial charge in [-0.2, -0.15) is 0 Å². The number of hydrogen-bond acceptors (Lipinski definition) is 5. The number of carbonyl (C=O) groups excluding carboxylic acids is 2. The van der Waals surface area contributed by atoms with Crippen LogP contribution >= 0.6 is 0 Å². The zero-order valence-corrected chi connectivity index (χ0v) is 13.0. The first-order valence-corrected chi connectivity index (χ1v) is 7.37. The number of likely N-dealkylation sites (N-methyl/N-ethyl adjacent to an activating group) is 1. The van der Waals surface area contributed by atoms with Gasteiger partial charge in [-0.15, -0.1) is 0 Å². The number of piperazine rings is 1. The highest BCUT2D eigenvalue weighted by Crippen LogP contribution is 2.16. The van der Waals surface area contributed by atoms with E-state index < -0.39 is 0 Å². The lowest BCUT2D eigenvalue weighted by Gasteiger charge is -2.40. The van der Waals surface area contributed by atoms with Crippen LogP contribution in [0.1, 0.15) is 26.7 Å². The Bertz CT molecular complexity index is 334. The average Bonchev–Trinajstić information content (AvgIpc) is 2.44. The van der Waals surface area contributed by atoms with Gasteiger partial charge in [0, 0.05) is 33.7 Å². The minimum Gasteiger partial charge on any atom is -0.465 e. The molecular weight excluding hydrogens is 258 g/mol. The SMILES string of the molecule is CCCC(C(=O)OCC)N1CCNCC1C(=O)N(C)C. The van der Waals surface area contributed by atoms with Gasteiger partial charge in [-0.3, -0.25) is 14.5 Å². The van der Waals surface area contributed by atoms with Crippen LogP contribution in [0.4, 0.5) is 0 Å². The monoisotopic (exact) mass is 285 g/mol. The maximum atomic E-state index is 12.3. The highest BCUT2D eigenvalue weighted by molar-refractivity contribution is 5.83. The number of ether oxygens (including phenoxy) is 1. The normalized spacial score (nSPS) is 21.3. The van der Waals surface area contributed by atoms with E-state index in [-0.39, 0.29) is 24.0 Å². The van der Waals surface area contributed by atoms with Gasteiger partial charge in [0.2, 0.25) is 5.91 Å². The number of carbonyl (C=O) groups is 2. The molecule has 0 bridgehead atoms. The molecule has 0 aliphatic carbocycles. The first-order chi connectivity index (χ1) is 9.52. The van der Waals surface area contributed by atoms with Crippen molar-refractivity contribution < 1.29 is 14.3 Å². The average molecular weight is 285 g/mol. The Balaban J connectivity index is 2.88. The van der Waals surface area contributed by atoms with Gasteiger partial charge in [0.05, 0.1) is 6.61 Å². The van der Waals surface area contributed by atoms with Crippen molar-refractivity contribution in [2.75, 3.05) is 40.3 Å². The van der Waals surface area contributed by atoms with E-state index in [2.05, 4.69) is 5.32 Å². The van der Waals surface area contributed by atoms with Crippen LogP contribution < -0.4 is 5.32 Å². The zero-order valence-electron chi connectivity index (χ0n) is 13.0. The highest BCUT2D eigenvalue weighted by atomic mass is 16.5. The predicted octanol–water partition coefficient (Wildman–Crippen LogP) is 0.0802. The maximum absolute atomic E-state index is 12.3. The minimum absolute atomic E-state index is 0.0302. The van der Waals surface area contributed by atoms with E-state index in [9.17, 15) is 9.59 Å². The van der Waals surface area contributed by atoms with Crippen molar-refractivity contribution in [1.82, 2.24) is 15.1 Å². The molecule has 1 N–H and O–H groups in total. The largest absolute Gasteiger partial charge is 0.465 e. The Labute approximate surface area is 121 Å². The van der Waals surface area contributed by atoms with E-state index in [4.69, 9.17) is 4.74 Å². The Hall–Kier alpha value is -1.14. The number of hydrogen-bond donors (Lipinski definition) is 1. The van der Waals surface area contributed by atoms with E-state index in [1.165, 1.54) is 0 Å². The second kappa shape index (κ2) is 8.21. The molecule has 1 rings (SSSR count). The van der Waals surface area contributed by atoms with Crippen molar-refractivity contribution in [1.29, 1.82) is 0 Å². The molecule has 0 aromatic carbocycles. The fourth-order valence-corrected chi connectivity index (χ4v) is 2.55. The first-order valence-electron chi connectivity index (χ1n) is 7.37. The summed E-state index contributed by atoms with van der Waals surface area (Å²) in [5, 5.41) is 3.23.